The number of hydrogen-bond acceptors (Lipinski definition) is 5. The van der Waals surface area contributed by atoms with Crippen LogP contribution in [-0.2, 0) is 6.42 Å². The van der Waals surface area contributed by atoms with Crippen molar-refractivity contribution in [3.05, 3.63) is 70.2 Å². The van der Waals surface area contributed by atoms with Crippen molar-refractivity contribution in [1.29, 1.82) is 0 Å². The Morgan fingerprint density at radius 2 is 2.12 bits per heavy atom. The Morgan fingerprint density at radius 3 is 2.79 bits per heavy atom. The molecule has 0 saturated carbocycles. The number of Topliss-reactive ketones (excluding diaryl/α,β-unsaturated/α-hetero) is 1. The van der Waals surface area contributed by atoms with Gasteiger partial charge in [-0.15, -0.1) is 11.3 Å². The number of rotatable bonds is 5. The summed E-state index contributed by atoms with van der Waals surface area (Å²) in [5.74, 6) is -0.591. The minimum absolute atomic E-state index is 0.148. The fourth-order valence-electron chi connectivity index (χ4n) is 2.35. The highest BCUT2D eigenvalue weighted by atomic mass is 32.1. The van der Waals surface area contributed by atoms with E-state index in [1.165, 1.54) is 23.5 Å². The van der Waals surface area contributed by atoms with E-state index in [9.17, 15) is 9.18 Å². The lowest BCUT2D eigenvalue weighted by Gasteiger charge is -2.19. The van der Waals surface area contributed by atoms with Gasteiger partial charge in [0.05, 0.1) is 18.3 Å². The minimum atomic E-state index is -0.443. The molecule has 1 aromatic carbocycles. The van der Waals surface area contributed by atoms with Crippen LogP contribution < -0.4 is 4.90 Å². The van der Waals surface area contributed by atoms with Crippen LogP contribution in [-0.4, -0.2) is 22.8 Å². The first-order chi connectivity index (χ1) is 11.5. The van der Waals surface area contributed by atoms with Crippen LogP contribution in [0.4, 0.5) is 15.8 Å². The molecule has 0 aliphatic rings. The number of ketones is 1. The SMILES string of the molecule is Cc1csc(CC(=O)c2cc(F)cc(N(C)c3cccnc3)c2)n1. The van der Waals surface area contributed by atoms with E-state index in [1.807, 2.05) is 31.5 Å². The monoisotopic (exact) mass is 341 g/mol. The van der Waals surface area contributed by atoms with Crippen molar-refractivity contribution in [3.63, 3.8) is 0 Å². The largest absolute Gasteiger partial charge is 0.343 e. The Balaban J connectivity index is 1.87. The molecule has 0 aliphatic heterocycles. The van der Waals surface area contributed by atoms with Gasteiger partial charge in [0.15, 0.2) is 5.78 Å². The highest BCUT2D eigenvalue weighted by molar-refractivity contribution is 7.09. The molecule has 0 spiro atoms. The van der Waals surface area contributed by atoms with Gasteiger partial charge in [0.1, 0.15) is 10.8 Å². The van der Waals surface area contributed by atoms with E-state index >= 15 is 0 Å². The topological polar surface area (TPSA) is 46.1 Å². The number of halogens is 1. The third-order valence-electron chi connectivity index (χ3n) is 3.60. The van der Waals surface area contributed by atoms with Crippen LogP contribution in [0.1, 0.15) is 21.1 Å². The van der Waals surface area contributed by atoms with Crippen LogP contribution in [0.15, 0.2) is 48.1 Å². The van der Waals surface area contributed by atoms with E-state index < -0.39 is 5.82 Å². The summed E-state index contributed by atoms with van der Waals surface area (Å²) in [5, 5.41) is 2.64. The summed E-state index contributed by atoms with van der Waals surface area (Å²) in [6.45, 7) is 1.88. The minimum Gasteiger partial charge on any atom is -0.343 e. The highest BCUT2D eigenvalue weighted by Gasteiger charge is 2.14. The molecule has 6 heteroatoms. The molecule has 0 unspecified atom stereocenters. The normalized spacial score (nSPS) is 10.6. The van der Waals surface area contributed by atoms with Gasteiger partial charge >= 0.3 is 0 Å². The van der Waals surface area contributed by atoms with Crippen molar-refractivity contribution in [1.82, 2.24) is 9.97 Å². The first kappa shape index (κ1) is 16.3. The third kappa shape index (κ3) is 3.65. The fraction of sp³-hybridized carbons (Fsp3) is 0.167. The average Bonchev–Trinajstić information content (AvgIpc) is 2.99. The zero-order chi connectivity index (χ0) is 17.1. The van der Waals surface area contributed by atoms with Crippen molar-refractivity contribution in [2.45, 2.75) is 13.3 Å². The molecule has 0 fully saturated rings. The molecule has 122 valence electrons. The van der Waals surface area contributed by atoms with Crippen LogP contribution in [0.25, 0.3) is 0 Å². The lowest BCUT2D eigenvalue weighted by atomic mass is 10.1. The number of nitrogens with zero attached hydrogens (tertiary/aromatic N) is 3. The number of benzene rings is 1. The molecule has 3 rings (SSSR count). The first-order valence-corrected chi connectivity index (χ1v) is 8.29. The Kier molecular flexibility index (Phi) is 4.66. The lowest BCUT2D eigenvalue weighted by molar-refractivity contribution is 0.0992. The molecule has 24 heavy (non-hydrogen) atoms. The van der Waals surface area contributed by atoms with Crippen molar-refractivity contribution < 1.29 is 9.18 Å². The number of pyridine rings is 1. The second-order valence-electron chi connectivity index (χ2n) is 5.45. The summed E-state index contributed by atoms with van der Waals surface area (Å²) < 4.78 is 14.0. The second-order valence-corrected chi connectivity index (χ2v) is 6.39. The molecule has 3 aromatic rings. The van der Waals surface area contributed by atoms with E-state index in [1.54, 1.807) is 23.4 Å². The Bertz CT molecular complexity index is 864. The van der Waals surface area contributed by atoms with Crippen LogP contribution in [0.5, 0.6) is 0 Å². The zero-order valence-electron chi connectivity index (χ0n) is 13.4. The fourth-order valence-corrected chi connectivity index (χ4v) is 3.12. The standard InChI is InChI=1S/C18H16FN3OS/c1-12-11-24-18(21-12)9-17(23)13-6-14(19)8-16(7-13)22(2)15-4-3-5-20-10-15/h3-8,10-11H,9H2,1-2H3. The van der Waals surface area contributed by atoms with Crippen LogP contribution in [0.2, 0.25) is 0 Å². The van der Waals surface area contributed by atoms with Gasteiger partial charge in [-0.1, -0.05) is 0 Å². The number of hydrogen-bond donors (Lipinski definition) is 0. The number of thiazole rings is 1. The van der Waals surface area contributed by atoms with Gasteiger partial charge in [-0.3, -0.25) is 9.78 Å². The molecular weight excluding hydrogens is 325 g/mol. The third-order valence-corrected chi connectivity index (χ3v) is 4.57. The molecule has 0 amide bonds. The molecule has 2 aromatic heterocycles. The first-order valence-electron chi connectivity index (χ1n) is 7.41. The number of carbonyl (C=O) groups excluding carboxylic acids is 1. The summed E-state index contributed by atoms with van der Waals surface area (Å²) in [6.07, 6.45) is 3.54. The van der Waals surface area contributed by atoms with E-state index in [-0.39, 0.29) is 12.2 Å². The average molecular weight is 341 g/mol. The van der Waals surface area contributed by atoms with Crippen molar-refractivity contribution in [3.8, 4) is 0 Å². The summed E-state index contributed by atoms with van der Waals surface area (Å²) in [5.41, 5.74) is 2.64. The summed E-state index contributed by atoms with van der Waals surface area (Å²) >= 11 is 1.44. The molecule has 0 saturated heterocycles. The van der Waals surface area contributed by atoms with E-state index in [0.29, 0.717) is 11.3 Å². The van der Waals surface area contributed by atoms with E-state index in [2.05, 4.69) is 9.97 Å². The predicted octanol–water partition coefficient (Wildman–Crippen LogP) is 4.18. The molecule has 0 bridgehead atoms. The zero-order valence-corrected chi connectivity index (χ0v) is 14.2. The van der Waals surface area contributed by atoms with E-state index in [0.717, 1.165) is 16.4 Å². The molecule has 0 N–H and O–H groups in total. The maximum atomic E-state index is 14.0. The second kappa shape index (κ2) is 6.88. The van der Waals surface area contributed by atoms with Gasteiger partial charge in [0.2, 0.25) is 0 Å². The van der Waals surface area contributed by atoms with E-state index in [4.69, 9.17) is 0 Å². The molecule has 4 nitrogen and oxygen atoms in total. The predicted molar refractivity (Wildman–Crippen MR) is 93.6 cm³/mol. The van der Waals surface area contributed by atoms with Gasteiger partial charge < -0.3 is 4.90 Å². The molecule has 0 atom stereocenters. The van der Waals surface area contributed by atoms with Crippen LogP contribution in [0, 0.1) is 12.7 Å². The Morgan fingerprint density at radius 1 is 1.29 bits per heavy atom. The van der Waals surface area contributed by atoms with Gasteiger partial charge in [0, 0.05) is 35.6 Å². The Labute approximate surface area is 143 Å². The smallest absolute Gasteiger partial charge is 0.169 e. The maximum Gasteiger partial charge on any atom is 0.169 e. The van der Waals surface area contributed by atoms with Crippen molar-refractivity contribution in [2.75, 3.05) is 11.9 Å². The number of aromatic nitrogens is 2. The summed E-state index contributed by atoms with van der Waals surface area (Å²) in [6, 6.07) is 8.04. The number of carbonyl (C=O) groups is 1. The van der Waals surface area contributed by atoms with Gasteiger partial charge in [-0.25, -0.2) is 9.37 Å². The van der Waals surface area contributed by atoms with Gasteiger partial charge in [-0.05, 0) is 37.3 Å². The van der Waals surface area contributed by atoms with Crippen molar-refractivity contribution >= 4 is 28.5 Å². The lowest BCUT2D eigenvalue weighted by Crippen LogP contribution is -2.12. The summed E-state index contributed by atoms with van der Waals surface area (Å²) in [4.78, 5) is 22.6. The Hall–Kier alpha value is -2.60. The quantitative estimate of drug-likeness (QED) is 0.653. The van der Waals surface area contributed by atoms with Gasteiger partial charge in [0.25, 0.3) is 0 Å². The van der Waals surface area contributed by atoms with Crippen molar-refractivity contribution in [2.24, 2.45) is 0 Å². The molecule has 0 radical (unpaired) electrons. The van der Waals surface area contributed by atoms with Crippen LogP contribution in [0.3, 0.4) is 0 Å². The summed E-state index contributed by atoms with van der Waals surface area (Å²) in [7, 11) is 1.81. The van der Waals surface area contributed by atoms with Crippen LogP contribution >= 0.6 is 11.3 Å². The number of aryl methyl sites for hydroxylation is 1. The molecule has 2 heterocycles. The highest BCUT2D eigenvalue weighted by Crippen LogP contribution is 2.25. The number of anilines is 2. The molecule has 0 aliphatic carbocycles. The van der Waals surface area contributed by atoms with Gasteiger partial charge in [-0.2, -0.15) is 0 Å². The maximum absolute atomic E-state index is 14.0. The molecular formula is C18H16FN3OS.